The second-order valence-electron chi connectivity index (χ2n) is 13.5. The van der Waals surface area contributed by atoms with E-state index in [0.717, 1.165) is 51.4 Å². The first-order valence-corrected chi connectivity index (χ1v) is 18.1. The molecule has 3 heterocycles. The lowest BCUT2D eigenvalue weighted by Gasteiger charge is -2.22. The van der Waals surface area contributed by atoms with Crippen molar-refractivity contribution in [3.63, 3.8) is 0 Å². The monoisotopic (exact) mass is 608 g/mol. The first-order valence-electron chi connectivity index (χ1n) is 18.1. The minimum Gasteiger partial charge on any atom is -0.455 e. The van der Waals surface area contributed by atoms with Crippen LogP contribution >= 0.6 is 0 Å². The van der Waals surface area contributed by atoms with Crippen molar-refractivity contribution < 1.29 is 34.0 Å². The Kier molecular flexibility index (Phi) is 18.4. The van der Waals surface area contributed by atoms with Crippen molar-refractivity contribution in [2.24, 2.45) is 0 Å². The van der Waals surface area contributed by atoms with E-state index < -0.39 is 12.2 Å². The van der Waals surface area contributed by atoms with Crippen molar-refractivity contribution in [1.29, 1.82) is 0 Å². The van der Waals surface area contributed by atoms with Gasteiger partial charge in [-0.3, -0.25) is 0 Å². The Balaban J connectivity index is 1.15. The summed E-state index contributed by atoms with van der Waals surface area (Å²) < 4.78 is 23.1. The van der Waals surface area contributed by atoms with Gasteiger partial charge in [0.25, 0.3) is 0 Å². The number of aliphatic hydroxyl groups is 2. The van der Waals surface area contributed by atoms with Crippen LogP contribution < -0.4 is 0 Å². The fourth-order valence-electron chi connectivity index (χ4n) is 6.97. The van der Waals surface area contributed by atoms with Crippen LogP contribution in [-0.2, 0) is 23.7 Å². The summed E-state index contributed by atoms with van der Waals surface area (Å²) in [6.45, 7) is 4.49. The maximum atomic E-state index is 11.7. The number of esters is 1. The molecule has 2 N–H and O–H groups in total. The number of aliphatic hydroxyl groups excluding tert-OH is 2. The van der Waals surface area contributed by atoms with E-state index in [1.807, 2.05) is 6.92 Å². The highest BCUT2D eigenvalue weighted by Crippen LogP contribution is 2.30. The summed E-state index contributed by atoms with van der Waals surface area (Å²) in [5.41, 5.74) is 0.603. The SMILES string of the molecule is CCCCCCCCCCCCCC[C@@H]1OCO[C@H]1CC[C@@H](O)[C@H]1CC[C@H](CCCCC[C@@H](O)CC2=C[C@H](C)OC2=O)O1. The van der Waals surface area contributed by atoms with E-state index in [1.54, 1.807) is 6.08 Å². The molecule has 0 aromatic heterocycles. The second-order valence-corrected chi connectivity index (χ2v) is 13.5. The molecule has 0 amide bonds. The molecule has 0 bridgehead atoms. The molecular formula is C36H64O7. The van der Waals surface area contributed by atoms with Crippen molar-refractivity contribution in [3.05, 3.63) is 11.6 Å². The second kappa shape index (κ2) is 21.7. The van der Waals surface area contributed by atoms with E-state index in [-0.39, 0.29) is 36.5 Å². The molecule has 0 unspecified atom stereocenters. The summed E-state index contributed by atoms with van der Waals surface area (Å²) >= 11 is 0. The molecular weight excluding hydrogens is 544 g/mol. The van der Waals surface area contributed by atoms with Gasteiger partial charge in [0, 0.05) is 12.0 Å². The number of unbranched alkanes of at least 4 members (excludes halogenated alkanes) is 13. The largest absolute Gasteiger partial charge is 0.455 e. The molecule has 250 valence electrons. The number of hydrogen-bond donors (Lipinski definition) is 2. The Hall–Kier alpha value is -0.990. The van der Waals surface area contributed by atoms with Crippen molar-refractivity contribution in [3.8, 4) is 0 Å². The molecule has 0 aromatic carbocycles. The summed E-state index contributed by atoms with van der Waals surface area (Å²) in [5, 5.41) is 21.1. The Labute approximate surface area is 262 Å². The Morgan fingerprint density at radius 3 is 2.02 bits per heavy atom. The summed E-state index contributed by atoms with van der Waals surface area (Å²) in [6, 6.07) is 0. The van der Waals surface area contributed by atoms with Gasteiger partial charge in [-0.15, -0.1) is 0 Å². The molecule has 7 heteroatoms. The number of hydrogen-bond acceptors (Lipinski definition) is 7. The molecule has 43 heavy (non-hydrogen) atoms. The predicted molar refractivity (Wildman–Crippen MR) is 171 cm³/mol. The first kappa shape index (κ1) is 36.5. The molecule has 3 aliphatic rings. The topological polar surface area (TPSA) is 94.5 Å². The highest BCUT2D eigenvalue weighted by molar-refractivity contribution is 5.90. The molecule has 3 rings (SSSR count). The zero-order valence-corrected chi connectivity index (χ0v) is 27.5. The lowest BCUT2D eigenvalue weighted by atomic mass is 9.97. The molecule has 2 fully saturated rings. The summed E-state index contributed by atoms with van der Waals surface area (Å²) in [5.74, 6) is -0.291. The van der Waals surface area contributed by atoms with Crippen molar-refractivity contribution in [1.82, 2.24) is 0 Å². The smallest absolute Gasteiger partial charge is 0.334 e. The van der Waals surface area contributed by atoms with Gasteiger partial charge in [-0.2, -0.15) is 0 Å². The van der Waals surface area contributed by atoms with Gasteiger partial charge < -0.3 is 29.2 Å². The normalized spacial score (nSPS) is 27.0. The van der Waals surface area contributed by atoms with Crippen LogP contribution in [0.25, 0.3) is 0 Å². The molecule has 7 nitrogen and oxygen atoms in total. The highest BCUT2D eigenvalue weighted by Gasteiger charge is 2.33. The van der Waals surface area contributed by atoms with Gasteiger partial charge >= 0.3 is 5.97 Å². The fraction of sp³-hybridized carbons (Fsp3) is 0.917. The minimum atomic E-state index is -0.496. The van der Waals surface area contributed by atoms with Gasteiger partial charge in [0.1, 0.15) is 12.9 Å². The lowest BCUT2D eigenvalue weighted by molar-refractivity contribution is -0.139. The summed E-state index contributed by atoms with van der Waals surface area (Å²) in [6.07, 6.45) is 27.0. The van der Waals surface area contributed by atoms with Gasteiger partial charge in [-0.1, -0.05) is 103 Å². The average molecular weight is 609 g/mol. The molecule has 0 radical (unpaired) electrons. The third kappa shape index (κ3) is 14.8. The quantitative estimate of drug-likeness (QED) is 0.0799. The first-order chi connectivity index (χ1) is 21.0. The van der Waals surface area contributed by atoms with E-state index in [9.17, 15) is 15.0 Å². The number of carbonyl (C=O) groups excluding carboxylic acids is 1. The molecule has 2 saturated heterocycles. The third-order valence-electron chi connectivity index (χ3n) is 9.65. The van der Waals surface area contributed by atoms with Crippen molar-refractivity contribution in [2.45, 2.75) is 204 Å². The number of ether oxygens (including phenoxy) is 4. The van der Waals surface area contributed by atoms with E-state index in [2.05, 4.69) is 6.92 Å². The predicted octanol–water partition coefficient (Wildman–Crippen LogP) is 8.08. The standard InChI is InChI=1S/C36H64O7/c1-3-4-5-6-7-8-9-10-11-12-13-17-20-34-35(41-27-40-34)24-22-32(38)33-23-21-31(43-33)19-16-14-15-18-30(37)26-29-25-28(2)42-36(29)39/h25,28,30-35,37-38H,3-24,26-27H2,1-2H3/t28-,30+,31-,32+,33+,34-,35-/m0/s1. The maximum Gasteiger partial charge on any atom is 0.334 e. The number of cyclic esters (lactones) is 1. The van der Waals surface area contributed by atoms with Gasteiger partial charge in [-0.25, -0.2) is 4.79 Å². The molecule has 0 saturated carbocycles. The van der Waals surface area contributed by atoms with Crippen LogP contribution in [0.15, 0.2) is 11.6 Å². The number of carbonyl (C=O) groups is 1. The molecule has 0 aromatic rings. The van der Waals surface area contributed by atoms with Gasteiger partial charge in [-0.05, 0) is 57.9 Å². The van der Waals surface area contributed by atoms with E-state index in [4.69, 9.17) is 18.9 Å². The van der Waals surface area contributed by atoms with Gasteiger partial charge in [0.05, 0.1) is 36.6 Å². The Bertz CT molecular complexity index is 771. The van der Waals surface area contributed by atoms with Crippen LogP contribution in [0.1, 0.15) is 162 Å². The number of rotatable bonds is 25. The highest BCUT2D eigenvalue weighted by atomic mass is 16.7. The van der Waals surface area contributed by atoms with Crippen molar-refractivity contribution in [2.75, 3.05) is 6.79 Å². The summed E-state index contributed by atoms with van der Waals surface area (Å²) in [4.78, 5) is 11.7. The fourth-order valence-corrected chi connectivity index (χ4v) is 6.97. The van der Waals surface area contributed by atoms with Crippen LogP contribution in [0.4, 0.5) is 0 Å². The van der Waals surface area contributed by atoms with E-state index in [0.29, 0.717) is 31.6 Å². The zero-order chi connectivity index (χ0) is 30.7. The molecule has 7 atom stereocenters. The molecule has 0 spiro atoms. The van der Waals surface area contributed by atoms with Gasteiger partial charge in [0.15, 0.2) is 0 Å². The minimum absolute atomic E-state index is 0.0780. The van der Waals surface area contributed by atoms with Crippen LogP contribution in [-0.4, -0.2) is 65.7 Å². The third-order valence-corrected chi connectivity index (χ3v) is 9.65. The average Bonchev–Trinajstić information content (AvgIpc) is 3.72. The maximum absolute atomic E-state index is 11.7. The van der Waals surface area contributed by atoms with Crippen LogP contribution in [0.2, 0.25) is 0 Å². The summed E-state index contributed by atoms with van der Waals surface area (Å²) in [7, 11) is 0. The van der Waals surface area contributed by atoms with Crippen LogP contribution in [0, 0.1) is 0 Å². The van der Waals surface area contributed by atoms with Crippen molar-refractivity contribution >= 4 is 5.97 Å². The zero-order valence-electron chi connectivity index (χ0n) is 27.5. The Morgan fingerprint density at radius 1 is 0.767 bits per heavy atom. The molecule has 0 aliphatic carbocycles. The van der Waals surface area contributed by atoms with E-state index in [1.165, 1.54) is 77.0 Å². The Morgan fingerprint density at radius 2 is 1.37 bits per heavy atom. The molecule has 3 aliphatic heterocycles. The van der Waals surface area contributed by atoms with Gasteiger partial charge in [0.2, 0.25) is 0 Å². The van der Waals surface area contributed by atoms with E-state index >= 15 is 0 Å². The van der Waals surface area contributed by atoms with Crippen LogP contribution in [0.3, 0.4) is 0 Å². The van der Waals surface area contributed by atoms with Crippen LogP contribution in [0.5, 0.6) is 0 Å². The lowest BCUT2D eigenvalue weighted by Crippen LogP contribution is -2.30.